The molecule has 0 spiro atoms. The Morgan fingerprint density at radius 1 is 1.10 bits per heavy atom. The third kappa shape index (κ3) is 5.34. The van der Waals surface area contributed by atoms with Gasteiger partial charge in [0.2, 0.25) is 0 Å². The molecule has 1 N–H and O–H groups in total. The fraction of sp³-hybridized carbons (Fsp3) is 0.318. The Morgan fingerprint density at radius 3 is 2.45 bits per heavy atom. The van der Waals surface area contributed by atoms with Crippen LogP contribution in [-0.2, 0) is 26.0 Å². The first-order valence-corrected chi connectivity index (χ1v) is 12.2. The maximum Gasteiger partial charge on any atom is 0.326 e. The molecule has 1 heterocycles. The molecule has 0 aliphatic carbocycles. The molecule has 0 aliphatic heterocycles. The molecule has 0 unspecified atom stereocenters. The van der Waals surface area contributed by atoms with Crippen molar-refractivity contribution in [3.8, 4) is 0 Å². The highest BCUT2D eigenvalue weighted by Gasteiger charge is 2.30. The van der Waals surface area contributed by atoms with Crippen LogP contribution in [0.4, 0.5) is 5.69 Å². The van der Waals surface area contributed by atoms with Gasteiger partial charge in [-0.05, 0) is 54.8 Å². The van der Waals surface area contributed by atoms with Crippen molar-refractivity contribution in [2.45, 2.75) is 38.0 Å². The number of esters is 1. The number of ether oxygens (including phenoxy) is 1. The van der Waals surface area contributed by atoms with E-state index >= 15 is 0 Å². The van der Waals surface area contributed by atoms with E-state index in [1.807, 2.05) is 26.0 Å². The van der Waals surface area contributed by atoms with Crippen LogP contribution >= 0.6 is 23.2 Å². The van der Waals surface area contributed by atoms with Gasteiger partial charge in [-0.15, -0.1) is 0 Å². The van der Waals surface area contributed by atoms with Crippen LogP contribution in [0.15, 0.2) is 47.5 Å². The molecule has 0 atom stereocenters. The molecule has 0 fully saturated rings. The number of sulfonamides is 1. The van der Waals surface area contributed by atoms with E-state index in [0.29, 0.717) is 18.5 Å². The quantitative estimate of drug-likeness (QED) is 0.319. The fourth-order valence-electron chi connectivity index (χ4n) is 3.25. The summed E-state index contributed by atoms with van der Waals surface area (Å²) in [7, 11) is -4.16. The zero-order valence-electron chi connectivity index (χ0n) is 17.3. The van der Waals surface area contributed by atoms with Crippen LogP contribution in [0.3, 0.4) is 0 Å². The number of hydrogen-bond donors (Lipinski definition) is 1. The minimum Gasteiger partial charge on any atom is -0.464 e. The second-order valence-electron chi connectivity index (χ2n) is 7.09. The number of fused-ring (bicyclic) bond motifs is 1. The molecule has 0 saturated heterocycles. The average Bonchev–Trinajstić information content (AvgIpc) is 3.17. The summed E-state index contributed by atoms with van der Waals surface area (Å²) in [6.07, 6.45) is 3.92. The zero-order valence-corrected chi connectivity index (χ0v) is 19.6. The molecule has 9 heteroatoms. The topological polar surface area (TPSA) is 79.5 Å². The van der Waals surface area contributed by atoms with E-state index in [9.17, 15) is 13.2 Å². The number of hydrogen-bond acceptors (Lipinski definition) is 4. The van der Waals surface area contributed by atoms with Crippen molar-refractivity contribution in [3.63, 3.8) is 0 Å². The Hall–Kier alpha value is -2.22. The van der Waals surface area contributed by atoms with Crippen LogP contribution in [0.25, 0.3) is 10.9 Å². The van der Waals surface area contributed by atoms with Gasteiger partial charge < -0.3 is 9.72 Å². The van der Waals surface area contributed by atoms with Gasteiger partial charge in [0.1, 0.15) is 6.54 Å². The predicted octanol–water partition coefficient (Wildman–Crippen LogP) is 5.58. The summed E-state index contributed by atoms with van der Waals surface area (Å²) in [5, 5.41) is 1.21. The molecule has 3 aromatic rings. The van der Waals surface area contributed by atoms with Gasteiger partial charge in [0.05, 0.1) is 17.2 Å². The van der Waals surface area contributed by atoms with Crippen molar-refractivity contribution >= 4 is 55.8 Å². The lowest BCUT2D eigenvalue weighted by Crippen LogP contribution is -2.37. The van der Waals surface area contributed by atoms with Gasteiger partial charge in [-0.1, -0.05) is 43.5 Å². The number of carbonyl (C=O) groups excluding carboxylic acids is 1. The molecular weight excluding hydrogens is 459 g/mol. The number of anilines is 1. The summed E-state index contributed by atoms with van der Waals surface area (Å²) in [6, 6.07) is 9.58. The number of carbonyl (C=O) groups is 1. The lowest BCUT2D eigenvalue weighted by Gasteiger charge is -2.26. The molecule has 0 saturated carbocycles. The number of halogens is 2. The molecule has 0 aliphatic rings. The van der Waals surface area contributed by atoms with Crippen LogP contribution in [0.2, 0.25) is 10.0 Å². The van der Waals surface area contributed by atoms with Gasteiger partial charge in [-0.25, -0.2) is 8.42 Å². The molecular formula is C22H24Cl2N2O4S. The van der Waals surface area contributed by atoms with Crippen molar-refractivity contribution in [3.05, 3.63) is 58.2 Å². The number of aryl methyl sites for hydroxylation is 1. The normalized spacial score (nSPS) is 11.6. The smallest absolute Gasteiger partial charge is 0.326 e. The maximum atomic E-state index is 13.6. The van der Waals surface area contributed by atoms with E-state index in [2.05, 4.69) is 4.98 Å². The van der Waals surface area contributed by atoms with Crippen LogP contribution in [0.1, 0.15) is 32.3 Å². The van der Waals surface area contributed by atoms with Crippen molar-refractivity contribution in [1.82, 2.24) is 4.98 Å². The molecule has 6 nitrogen and oxygen atoms in total. The van der Waals surface area contributed by atoms with E-state index < -0.39 is 22.5 Å². The lowest BCUT2D eigenvalue weighted by molar-refractivity contribution is -0.141. The van der Waals surface area contributed by atoms with E-state index in [4.69, 9.17) is 27.9 Å². The molecule has 31 heavy (non-hydrogen) atoms. The van der Waals surface area contributed by atoms with E-state index in [1.54, 1.807) is 12.3 Å². The Balaban J connectivity index is 2.12. The maximum absolute atomic E-state index is 13.6. The van der Waals surface area contributed by atoms with Crippen LogP contribution < -0.4 is 4.31 Å². The number of benzene rings is 2. The van der Waals surface area contributed by atoms with E-state index in [1.165, 1.54) is 18.2 Å². The molecule has 0 amide bonds. The first-order chi connectivity index (χ1) is 14.8. The molecule has 3 rings (SSSR count). The predicted molar refractivity (Wildman–Crippen MR) is 125 cm³/mol. The monoisotopic (exact) mass is 482 g/mol. The Morgan fingerprint density at radius 2 is 1.81 bits per heavy atom. The average molecular weight is 483 g/mol. The molecule has 0 bridgehead atoms. The van der Waals surface area contributed by atoms with Crippen molar-refractivity contribution in [2.24, 2.45) is 0 Å². The number of rotatable bonds is 9. The van der Waals surface area contributed by atoms with Crippen LogP contribution in [0, 0.1) is 0 Å². The highest BCUT2D eigenvalue weighted by molar-refractivity contribution is 7.92. The number of H-pyrrole nitrogens is 1. The Kier molecular flexibility index (Phi) is 7.51. The van der Waals surface area contributed by atoms with Crippen molar-refractivity contribution < 1.29 is 17.9 Å². The summed E-state index contributed by atoms with van der Waals surface area (Å²) in [5.41, 5.74) is 2.07. The molecule has 2 aromatic carbocycles. The van der Waals surface area contributed by atoms with Crippen LogP contribution in [-0.4, -0.2) is 32.5 Å². The molecule has 0 radical (unpaired) electrons. The molecule has 1 aromatic heterocycles. The first kappa shape index (κ1) is 23.4. The van der Waals surface area contributed by atoms with E-state index in [-0.39, 0.29) is 21.5 Å². The van der Waals surface area contributed by atoms with E-state index in [0.717, 1.165) is 27.2 Å². The molecule has 166 valence electrons. The van der Waals surface area contributed by atoms with Crippen molar-refractivity contribution in [2.75, 3.05) is 17.5 Å². The van der Waals surface area contributed by atoms with Gasteiger partial charge in [-0.3, -0.25) is 9.10 Å². The third-order valence-corrected chi connectivity index (χ3v) is 7.03. The largest absolute Gasteiger partial charge is 0.464 e. The van der Waals surface area contributed by atoms with Gasteiger partial charge >= 0.3 is 5.97 Å². The van der Waals surface area contributed by atoms with Gasteiger partial charge in [0.15, 0.2) is 0 Å². The SMILES string of the molecule is CCCCOC(=O)CN(c1cc2cc[nH]c2cc1CC)S(=O)(=O)c1cc(Cl)cc(Cl)c1. The lowest BCUT2D eigenvalue weighted by atomic mass is 10.1. The second-order valence-corrected chi connectivity index (χ2v) is 9.83. The minimum atomic E-state index is -4.16. The standard InChI is InChI=1S/C22H24Cl2N2O4S/c1-3-5-8-30-22(27)14-26(31(28,29)19-12-17(23)11-18(24)13-19)21-10-16-6-7-25-20(16)9-15(21)4-2/h6-7,9-13,25H,3-5,8,14H2,1-2H3. The summed E-state index contributed by atoms with van der Waals surface area (Å²) in [5.74, 6) is -0.624. The van der Waals surface area contributed by atoms with Crippen LogP contribution in [0.5, 0.6) is 0 Å². The highest BCUT2D eigenvalue weighted by Crippen LogP contribution is 2.33. The Bertz CT molecular complexity index is 1170. The fourth-order valence-corrected chi connectivity index (χ4v) is 5.41. The summed E-state index contributed by atoms with van der Waals surface area (Å²) in [4.78, 5) is 15.6. The summed E-state index contributed by atoms with van der Waals surface area (Å²) < 4.78 is 33.6. The first-order valence-electron chi connectivity index (χ1n) is 10.0. The number of nitrogens with zero attached hydrogens (tertiary/aromatic N) is 1. The highest BCUT2D eigenvalue weighted by atomic mass is 35.5. The summed E-state index contributed by atoms with van der Waals surface area (Å²) in [6.45, 7) is 3.68. The third-order valence-electron chi connectivity index (χ3n) is 4.86. The number of unbranched alkanes of at least 4 members (excludes halogenated alkanes) is 1. The minimum absolute atomic E-state index is 0.0948. The second kappa shape index (κ2) is 9.94. The van der Waals surface area contributed by atoms with Crippen molar-refractivity contribution in [1.29, 1.82) is 0 Å². The number of aromatic nitrogens is 1. The summed E-state index contributed by atoms with van der Waals surface area (Å²) >= 11 is 12.1. The van der Waals surface area contributed by atoms with Gasteiger partial charge in [0.25, 0.3) is 10.0 Å². The zero-order chi connectivity index (χ0) is 22.6. The number of nitrogens with one attached hydrogen (secondary N) is 1. The number of aromatic amines is 1. The van der Waals surface area contributed by atoms with Gasteiger partial charge in [0, 0.05) is 27.1 Å². The van der Waals surface area contributed by atoms with Gasteiger partial charge in [-0.2, -0.15) is 0 Å². The Labute approximate surface area is 192 Å².